The summed E-state index contributed by atoms with van der Waals surface area (Å²) in [5.41, 5.74) is 4.84. The second-order valence-corrected chi connectivity index (χ2v) is 4.47. The summed E-state index contributed by atoms with van der Waals surface area (Å²) in [6, 6.07) is 15.1. The zero-order valence-corrected chi connectivity index (χ0v) is 10.6. The van der Waals surface area contributed by atoms with Crippen molar-refractivity contribution < 1.29 is 9.59 Å². The number of H-pyrrole nitrogens is 2. The monoisotopic (exact) mass is 264 g/mol. The quantitative estimate of drug-likeness (QED) is 0.710. The average molecular weight is 264 g/mol. The molecule has 0 aliphatic carbocycles. The van der Waals surface area contributed by atoms with Crippen LogP contribution in [-0.4, -0.2) is 22.5 Å². The van der Waals surface area contributed by atoms with E-state index < -0.39 is 0 Å². The number of carbonyl (C=O) groups excluding carboxylic acids is 2. The lowest BCUT2D eigenvalue weighted by Crippen LogP contribution is -1.84. The number of hydrogen-bond acceptors (Lipinski definition) is 2. The minimum atomic E-state index is 0.550. The Morgan fingerprint density at radius 1 is 0.700 bits per heavy atom. The third-order valence-corrected chi connectivity index (χ3v) is 3.16. The van der Waals surface area contributed by atoms with Crippen LogP contribution in [0.3, 0.4) is 0 Å². The van der Waals surface area contributed by atoms with Gasteiger partial charge in [0.05, 0.1) is 11.4 Å². The highest BCUT2D eigenvalue weighted by atomic mass is 16.1. The van der Waals surface area contributed by atoms with Gasteiger partial charge in [0.1, 0.15) is 0 Å². The van der Waals surface area contributed by atoms with Crippen LogP contribution in [0.2, 0.25) is 0 Å². The molecule has 4 nitrogen and oxygen atoms in total. The predicted molar refractivity (Wildman–Crippen MR) is 76.8 cm³/mol. The number of aromatic nitrogens is 2. The zero-order valence-electron chi connectivity index (χ0n) is 10.6. The van der Waals surface area contributed by atoms with Crippen LogP contribution in [0.1, 0.15) is 21.0 Å². The molecule has 0 bridgehead atoms. The van der Waals surface area contributed by atoms with E-state index in [0.717, 1.165) is 35.1 Å². The molecule has 2 heterocycles. The lowest BCUT2D eigenvalue weighted by atomic mass is 10.1. The van der Waals surface area contributed by atoms with Crippen molar-refractivity contribution in [2.75, 3.05) is 0 Å². The van der Waals surface area contributed by atoms with Gasteiger partial charge in [0.2, 0.25) is 0 Å². The number of benzene rings is 1. The highest BCUT2D eigenvalue weighted by Gasteiger charge is 2.05. The van der Waals surface area contributed by atoms with E-state index in [0.29, 0.717) is 11.4 Å². The van der Waals surface area contributed by atoms with Gasteiger partial charge in [-0.15, -0.1) is 0 Å². The normalized spacial score (nSPS) is 10.4. The Labute approximate surface area is 115 Å². The van der Waals surface area contributed by atoms with E-state index in [1.807, 2.05) is 36.4 Å². The van der Waals surface area contributed by atoms with E-state index in [1.54, 1.807) is 12.1 Å². The first-order chi connectivity index (χ1) is 9.80. The molecule has 2 N–H and O–H groups in total. The molecule has 0 spiro atoms. The standard InChI is InChI=1S/C16H12N2O2/c19-9-13-4-6-15(17-13)11-2-1-3-12(8-11)16-7-5-14(10-20)18-16/h1-10,17-18H. The van der Waals surface area contributed by atoms with Gasteiger partial charge in [-0.25, -0.2) is 0 Å². The van der Waals surface area contributed by atoms with E-state index in [9.17, 15) is 9.59 Å². The lowest BCUT2D eigenvalue weighted by Gasteiger charge is -2.02. The number of aldehydes is 2. The Morgan fingerprint density at radius 3 is 1.60 bits per heavy atom. The molecule has 0 aliphatic heterocycles. The molecule has 0 amide bonds. The van der Waals surface area contributed by atoms with Crippen molar-refractivity contribution in [1.29, 1.82) is 0 Å². The van der Waals surface area contributed by atoms with Crippen LogP contribution >= 0.6 is 0 Å². The fraction of sp³-hybridized carbons (Fsp3) is 0. The molecule has 0 unspecified atom stereocenters. The molecule has 20 heavy (non-hydrogen) atoms. The molecule has 3 rings (SSSR count). The van der Waals surface area contributed by atoms with Crippen LogP contribution in [0.15, 0.2) is 48.5 Å². The number of nitrogens with one attached hydrogen (secondary N) is 2. The van der Waals surface area contributed by atoms with Crippen LogP contribution in [0, 0.1) is 0 Å². The molecule has 3 aromatic rings. The van der Waals surface area contributed by atoms with E-state index in [2.05, 4.69) is 9.97 Å². The van der Waals surface area contributed by atoms with Gasteiger partial charge < -0.3 is 9.97 Å². The third kappa shape index (κ3) is 2.19. The van der Waals surface area contributed by atoms with Gasteiger partial charge in [-0.1, -0.05) is 18.2 Å². The van der Waals surface area contributed by atoms with Crippen molar-refractivity contribution in [2.45, 2.75) is 0 Å². The second-order valence-electron chi connectivity index (χ2n) is 4.47. The van der Waals surface area contributed by atoms with Gasteiger partial charge in [0.15, 0.2) is 12.6 Å². The molecule has 0 fully saturated rings. The van der Waals surface area contributed by atoms with Crippen LogP contribution in [-0.2, 0) is 0 Å². The highest BCUT2D eigenvalue weighted by Crippen LogP contribution is 2.25. The second kappa shape index (κ2) is 5.01. The van der Waals surface area contributed by atoms with Crippen LogP contribution in [0.25, 0.3) is 22.5 Å². The average Bonchev–Trinajstić information content (AvgIpc) is 3.16. The maximum Gasteiger partial charge on any atom is 0.166 e. The first-order valence-electron chi connectivity index (χ1n) is 6.19. The summed E-state index contributed by atoms with van der Waals surface area (Å²) in [6.45, 7) is 0. The molecule has 0 saturated carbocycles. The molecule has 2 aromatic heterocycles. The summed E-state index contributed by atoms with van der Waals surface area (Å²) in [4.78, 5) is 27.5. The van der Waals surface area contributed by atoms with Crippen molar-refractivity contribution >= 4 is 12.6 Å². The van der Waals surface area contributed by atoms with Crippen molar-refractivity contribution in [3.8, 4) is 22.5 Å². The summed E-state index contributed by atoms with van der Waals surface area (Å²) in [5.74, 6) is 0. The Kier molecular flexibility index (Phi) is 3.05. The molecule has 98 valence electrons. The van der Waals surface area contributed by atoms with Gasteiger partial charge in [0.25, 0.3) is 0 Å². The van der Waals surface area contributed by atoms with Crippen LogP contribution in [0.4, 0.5) is 0 Å². The topological polar surface area (TPSA) is 65.7 Å². The Hall–Kier alpha value is -2.88. The van der Waals surface area contributed by atoms with E-state index >= 15 is 0 Å². The molecule has 0 aliphatic rings. The molecule has 4 heteroatoms. The zero-order chi connectivity index (χ0) is 13.9. The van der Waals surface area contributed by atoms with Gasteiger partial charge in [-0.3, -0.25) is 9.59 Å². The molecule has 0 atom stereocenters. The van der Waals surface area contributed by atoms with E-state index in [4.69, 9.17) is 0 Å². The summed E-state index contributed by atoms with van der Waals surface area (Å²) in [7, 11) is 0. The first-order valence-corrected chi connectivity index (χ1v) is 6.19. The molecular formula is C16H12N2O2. The third-order valence-electron chi connectivity index (χ3n) is 3.16. The fourth-order valence-corrected chi connectivity index (χ4v) is 2.15. The highest BCUT2D eigenvalue weighted by molar-refractivity contribution is 5.78. The summed E-state index contributed by atoms with van der Waals surface area (Å²) < 4.78 is 0. The lowest BCUT2D eigenvalue weighted by molar-refractivity contribution is 0.111. The molecule has 1 aromatic carbocycles. The maximum atomic E-state index is 10.7. The summed E-state index contributed by atoms with van der Waals surface area (Å²) in [6.07, 6.45) is 1.57. The predicted octanol–water partition coefficient (Wildman–Crippen LogP) is 3.30. The van der Waals surface area contributed by atoms with E-state index in [1.165, 1.54) is 0 Å². The Bertz CT molecular complexity index is 707. The van der Waals surface area contributed by atoms with Gasteiger partial charge in [-0.2, -0.15) is 0 Å². The largest absolute Gasteiger partial charge is 0.352 e. The van der Waals surface area contributed by atoms with Crippen LogP contribution < -0.4 is 0 Å². The number of hydrogen-bond donors (Lipinski definition) is 2. The molecule has 0 saturated heterocycles. The summed E-state index contributed by atoms with van der Waals surface area (Å²) in [5, 5.41) is 0. The smallest absolute Gasteiger partial charge is 0.166 e. The van der Waals surface area contributed by atoms with Crippen molar-refractivity contribution in [3.63, 3.8) is 0 Å². The van der Waals surface area contributed by atoms with Crippen molar-refractivity contribution in [2.24, 2.45) is 0 Å². The van der Waals surface area contributed by atoms with Crippen molar-refractivity contribution in [1.82, 2.24) is 9.97 Å². The minimum Gasteiger partial charge on any atom is -0.352 e. The molecule has 0 radical (unpaired) electrons. The minimum absolute atomic E-state index is 0.550. The maximum absolute atomic E-state index is 10.7. The van der Waals surface area contributed by atoms with Gasteiger partial charge >= 0.3 is 0 Å². The van der Waals surface area contributed by atoms with E-state index in [-0.39, 0.29) is 0 Å². The van der Waals surface area contributed by atoms with Crippen LogP contribution in [0.5, 0.6) is 0 Å². The Morgan fingerprint density at radius 2 is 1.20 bits per heavy atom. The summed E-state index contributed by atoms with van der Waals surface area (Å²) >= 11 is 0. The van der Waals surface area contributed by atoms with Gasteiger partial charge in [0, 0.05) is 11.4 Å². The fourth-order valence-electron chi connectivity index (χ4n) is 2.15. The molecular weight excluding hydrogens is 252 g/mol. The number of aromatic amines is 2. The Balaban J connectivity index is 2.00. The number of carbonyl (C=O) groups is 2. The first kappa shape index (κ1) is 12.2. The van der Waals surface area contributed by atoms with Crippen molar-refractivity contribution in [3.05, 3.63) is 59.9 Å². The van der Waals surface area contributed by atoms with Gasteiger partial charge in [-0.05, 0) is 41.5 Å². The SMILES string of the molecule is O=Cc1ccc(-c2cccc(-c3ccc(C=O)[nH]3)c2)[nH]1. The number of rotatable bonds is 4.